The fourth-order valence-corrected chi connectivity index (χ4v) is 5.85. The number of carbonyl (C=O) groups excluding carboxylic acids is 1. The number of amides is 1. The van der Waals surface area contributed by atoms with E-state index in [1.165, 1.54) is 17.3 Å². The zero-order valence-electron chi connectivity index (χ0n) is 21.3. The second kappa shape index (κ2) is 10.2. The first-order valence-corrected chi connectivity index (χ1v) is 13.5. The van der Waals surface area contributed by atoms with Crippen LogP contribution in [0.2, 0.25) is 0 Å². The molecule has 1 aliphatic rings. The summed E-state index contributed by atoms with van der Waals surface area (Å²) in [5.74, 6) is -0.0638. The van der Waals surface area contributed by atoms with Crippen molar-refractivity contribution in [1.82, 2.24) is 4.57 Å². The number of hydrogen-bond acceptors (Lipinski definition) is 3. The van der Waals surface area contributed by atoms with Gasteiger partial charge in [0, 0.05) is 29.2 Å². The Kier molecular flexibility index (Phi) is 6.44. The standard InChI is InChI=1S/C33H27N3OS/c1-23-12-11-13-24(2)31(23)34-33-36(27-16-7-4-8-17-27)32(37)30(38-33)20-26-22-35(21-25-14-5-3-6-15-25)29-19-10-9-18-28(26)29/h3-20,22H,21H2,1-2H3/b30-20-,34-33?. The van der Waals surface area contributed by atoms with Gasteiger partial charge in [-0.3, -0.25) is 9.69 Å². The van der Waals surface area contributed by atoms with Gasteiger partial charge in [-0.25, -0.2) is 4.99 Å². The molecule has 0 unspecified atom stereocenters. The zero-order chi connectivity index (χ0) is 26.1. The summed E-state index contributed by atoms with van der Waals surface area (Å²) in [7, 11) is 0. The third kappa shape index (κ3) is 4.57. The second-order valence-corrected chi connectivity index (χ2v) is 10.4. The first kappa shape index (κ1) is 24.0. The molecule has 5 aromatic rings. The monoisotopic (exact) mass is 513 g/mol. The Bertz CT molecular complexity index is 1680. The number of aromatic nitrogens is 1. The van der Waals surface area contributed by atoms with Crippen molar-refractivity contribution in [2.24, 2.45) is 4.99 Å². The van der Waals surface area contributed by atoms with Crippen molar-refractivity contribution < 1.29 is 4.79 Å². The number of carbonyl (C=O) groups is 1. The first-order chi connectivity index (χ1) is 18.6. The largest absolute Gasteiger partial charge is 0.342 e. The summed E-state index contributed by atoms with van der Waals surface area (Å²) >= 11 is 1.43. The van der Waals surface area contributed by atoms with Crippen LogP contribution in [0.15, 0.2) is 119 Å². The predicted molar refractivity (Wildman–Crippen MR) is 160 cm³/mol. The van der Waals surface area contributed by atoms with Gasteiger partial charge in [0.05, 0.1) is 16.3 Å². The van der Waals surface area contributed by atoms with Gasteiger partial charge in [-0.2, -0.15) is 0 Å². The van der Waals surface area contributed by atoms with Crippen molar-refractivity contribution in [3.63, 3.8) is 0 Å². The van der Waals surface area contributed by atoms with E-state index in [1.807, 2.05) is 54.6 Å². The number of nitrogens with zero attached hydrogens (tertiary/aromatic N) is 3. The quantitative estimate of drug-likeness (QED) is 0.223. The summed E-state index contributed by atoms with van der Waals surface area (Å²) in [6.07, 6.45) is 4.16. The molecule has 1 saturated heterocycles. The molecule has 0 spiro atoms. The summed E-state index contributed by atoms with van der Waals surface area (Å²) in [4.78, 5) is 21.3. The summed E-state index contributed by atoms with van der Waals surface area (Å²) in [5, 5.41) is 1.79. The lowest BCUT2D eigenvalue weighted by Crippen LogP contribution is -2.28. The van der Waals surface area contributed by atoms with Crippen LogP contribution in [-0.4, -0.2) is 15.6 Å². The molecular formula is C33H27N3OS. The van der Waals surface area contributed by atoms with Gasteiger partial charge in [0.25, 0.3) is 5.91 Å². The second-order valence-electron chi connectivity index (χ2n) is 9.44. The molecule has 4 aromatic carbocycles. The Morgan fingerprint density at radius 1 is 0.789 bits per heavy atom. The predicted octanol–water partition coefficient (Wildman–Crippen LogP) is 8.12. The third-order valence-electron chi connectivity index (χ3n) is 6.77. The fraction of sp³-hybridized carbons (Fsp3) is 0.0909. The minimum absolute atomic E-state index is 0.0638. The van der Waals surface area contributed by atoms with Gasteiger partial charge in [-0.05, 0) is 66.6 Å². The molecule has 1 aliphatic heterocycles. The molecule has 1 fully saturated rings. The van der Waals surface area contributed by atoms with Crippen LogP contribution in [0.5, 0.6) is 0 Å². The number of rotatable bonds is 5. The average molecular weight is 514 g/mol. The maximum absolute atomic E-state index is 13.9. The normalized spacial score (nSPS) is 15.7. The molecular weight excluding hydrogens is 486 g/mol. The van der Waals surface area contributed by atoms with Gasteiger partial charge in [-0.15, -0.1) is 0 Å². The van der Waals surface area contributed by atoms with Crippen molar-refractivity contribution in [3.8, 4) is 0 Å². The summed E-state index contributed by atoms with van der Waals surface area (Å²) in [6, 6.07) is 34.7. The molecule has 0 bridgehead atoms. The van der Waals surface area contributed by atoms with Gasteiger partial charge < -0.3 is 4.57 Å². The van der Waals surface area contributed by atoms with E-state index in [1.54, 1.807) is 4.90 Å². The Morgan fingerprint density at radius 3 is 2.18 bits per heavy atom. The van der Waals surface area contributed by atoms with Crippen molar-refractivity contribution in [2.75, 3.05) is 4.90 Å². The molecule has 38 heavy (non-hydrogen) atoms. The molecule has 4 nitrogen and oxygen atoms in total. The smallest absolute Gasteiger partial charge is 0.271 e. The lowest BCUT2D eigenvalue weighted by molar-refractivity contribution is -0.113. The van der Waals surface area contributed by atoms with Gasteiger partial charge in [-0.1, -0.05) is 84.9 Å². The van der Waals surface area contributed by atoms with Gasteiger partial charge >= 0.3 is 0 Å². The van der Waals surface area contributed by atoms with Crippen LogP contribution in [0.25, 0.3) is 17.0 Å². The molecule has 0 atom stereocenters. The molecule has 5 heteroatoms. The van der Waals surface area contributed by atoms with E-state index in [0.29, 0.717) is 10.1 Å². The van der Waals surface area contributed by atoms with E-state index < -0.39 is 0 Å². The maximum Gasteiger partial charge on any atom is 0.271 e. The Labute approximate surface area is 227 Å². The molecule has 0 radical (unpaired) electrons. The number of para-hydroxylation sites is 3. The van der Waals surface area contributed by atoms with E-state index in [-0.39, 0.29) is 5.91 Å². The van der Waals surface area contributed by atoms with Crippen LogP contribution in [0.3, 0.4) is 0 Å². The van der Waals surface area contributed by atoms with E-state index in [9.17, 15) is 4.79 Å². The highest BCUT2D eigenvalue weighted by Gasteiger charge is 2.35. The van der Waals surface area contributed by atoms with E-state index >= 15 is 0 Å². The Balaban J connectivity index is 1.45. The summed E-state index contributed by atoms with van der Waals surface area (Å²) in [6.45, 7) is 4.87. The molecule has 2 heterocycles. The topological polar surface area (TPSA) is 37.6 Å². The summed E-state index contributed by atoms with van der Waals surface area (Å²) in [5.41, 5.74) is 7.28. The number of fused-ring (bicyclic) bond motifs is 1. The number of amidine groups is 1. The van der Waals surface area contributed by atoms with Crippen LogP contribution < -0.4 is 4.90 Å². The van der Waals surface area contributed by atoms with Crippen molar-refractivity contribution in [1.29, 1.82) is 0 Å². The third-order valence-corrected chi connectivity index (χ3v) is 7.74. The molecule has 6 rings (SSSR count). The average Bonchev–Trinajstić information content (AvgIpc) is 3.44. The Hall–Kier alpha value is -4.35. The SMILES string of the molecule is Cc1cccc(C)c1N=C1S/C(=C\c2cn(Cc3ccccc3)c3ccccc23)C(=O)N1c1ccccc1. The number of aliphatic imine (C=N–C) groups is 1. The number of benzene rings is 4. The molecule has 186 valence electrons. The van der Waals surface area contributed by atoms with Gasteiger partial charge in [0.1, 0.15) is 0 Å². The highest BCUT2D eigenvalue weighted by atomic mass is 32.2. The fourth-order valence-electron chi connectivity index (χ4n) is 4.87. The van der Waals surface area contributed by atoms with Gasteiger partial charge in [0.15, 0.2) is 5.17 Å². The minimum atomic E-state index is -0.0638. The number of aryl methyl sites for hydroxylation is 2. The van der Waals surface area contributed by atoms with Crippen molar-refractivity contribution in [2.45, 2.75) is 20.4 Å². The number of hydrogen-bond donors (Lipinski definition) is 0. The number of anilines is 1. The molecule has 0 saturated carbocycles. The lowest BCUT2D eigenvalue weighted by Gasteiger charge is -2.16. The summed E-state index contributed by atoms with van der Waals surface area (Å²) < 4.78 is 2.25. The van der Waals surface area contributed by atoms with E-state index in [2.05, 4.69) is 79.2 Å². The van der Waals surface area contributed by atoms with E-state index in [4.69, 9.17) is 4.99 Å². The molecule has 1 aromatic heterocycles. The van der Waals surface area contributed by atoms with Crippen LogP contribution in [0.4, 0.5) is 11.4 Å². The first-order valence-electron chi connectivity index (χ1n) is 12.6. The van der Waals surface area contributed by atoms with Crippen LogP contribution in [-0.2, 0) is 11.3 Å². The van der Waals surface area contributed by atoms with Crippen molar-refractivity contribution in [3.05, 3.63) is 136 Å². The zero-order valence-corrected chi connectivity index (χ0v) is 22.2. The molecule has 0 N–H and O–H groups in total. The molecule has 0 aliphatic carbocycles. The highest BCUT2D eigenvalue weighted by molar-refractivity contribution is 8.19. The van der Waals surface area contributed by atoms with Crippen LogP contribution in [0, 0.1) is 13.8 Å². The lowest BCUT2D eigenvalue weighted by atomic mass is 10.1. The maximum atomic E-state index is 13.9. The minimum Gasteiger partial charge on any atom is -0.342 e. The van der Waals surface area contributed by atoms with Crippen LogP contribution in [0.1, 0.15) is 22.3 Å². The van der Waals surface area contributed by atoms with Gasteiger partial charge in [0.2, 0.25) is 0 Å². The van der Waals surface area contributed by atoms with Crippen LogP contribution >= 0.6 is 11.8 Å². The Morgan fingerprint density at radius 2 is 1.45 bits per heavy atom. The number of thioether (sulfide) groups is 1. The van der Waals surface area contributed by atoms with Crippen molar-refractivity contribution >= 4 is 51.2 Å². The highest BCUT2D eigenvalue weighted by Crippen LogP contribution is 2.39. The van der Waals surface area contributed by atoms with E-state index in [0.717, 1.165) is 45.5 Å². The molecule has 1 amide bonds.